The molecule has 9 heteroatoms. The minimum atomic E-state index is -0.254. The Bertz CT molecular complexity index is 1480. The van der Waals surface area contributed by atoms with Crippen LogP contribution in [0.2, 0.25) is 0 Å². The predicted octanol–water partition coefficient (Wildman–Crippen LogP) is 4.48. The number of rotatable bonds is 6. The van der Waals surface area contributed by atoms with Crippen LogP contribution >= 0.6 is 0 Å². The summed E-state index contributed by atoms with van der Waals surface area (Å²) in [5.41, 5.74) is 4.57. The smallest absolute Gasteiger partial charge is 0.302 e. The molecule has 1 saturated heterocycles. The number of methoxy groups -OCH3 is 2. The first-order chi connectivity index (χ1) is 20.4. The minimum absolute atomic E-state index is 0.0310. The van der Waals surface area contributed by atoms with Crippen LogP contribution in [0.25, 0.3) is 0 Å². The van der Waals surface area contributed by atoms with Gasteiger partial charge in [0.05, 0.1) is 26.0 Å². The van der Waals surface area contributed by atoms with Crippen molar-refractivity contribution in [1.29, 1.82) is 0 Å². The van der Waals surface area contributed by atoms with Crippen LogP contribution in [0.15, 0.2) is 65.8 Å². The van der Waals surface area contributed by atoms with Gasteiger partial charge in [-0.3, -0.25) is 14.6 Å². The van der Waals surface area contributed by atoms with Crippen molar-refractivity contribution in [1.82, 2.24) is 9.88 Å². The number of esters is 1. The summed E-state index contributed by atoms with van der Waals surface area (Å²) in [6, 6.07) is 17.8. The molecule has 0 radical (unpaired) electrons. The average Bonchev–Trinajstić information content (AvgIpc) is 3.03. The normalized spacial score (nSPS) is 21.5. The Morgan fingerprint density at radius 2 is 1.64 bits per heavy atom. The van der Waals surface area contributed by atoms with Gasteiger partial charge < -0.3 is 24.0 Å². The number of carbonyl (C=O) groups is 2. The summed E-state index contributed by atoms with van der Waals surface area (Å²) < 4.78 is 16.9. The van der Waals surface area contributed by atoms with E-state index in [4.69, 9.17) is 19.2 Å². The van der Waals surface area contributed by atoms with Crippen molar-refractivity contribution < 1.29 is 23.8 Å². The van der Waals surface area contributed by atoms with Crippen molar-refractivity contribution >= 4 is 23.4 Å². The maximum absolute atomic E-state index is 13.4. The van der Waals surface area contributed by atoms with E-state index in [1.165, 1.54) is 6.92 Å². The van der Waals surface area contributed by atoms with Crippen molar-refractivity contribution in [2.75, 3.05) is 45.3 Å². The zero-order chi connectivity index (χ0) is 29.2. The third kappa shape index (κ3) is 5.43. The van der Waals surface area contributed by atoms with E-state index in [-0.39, 0.29) is 29.9 Å². The number of aromatic nitrogens is 1. The predicted molar refractivity (Wildman–Crippen MR) is 160 cm³/mol. The molecule has 1 aliphatic carbocycles. The Morgan fingerprint density at radius 1 is 0.905 bits per heavy atom. The highest BCUT2D eigenvalue weighted by Crippen LogP contribution is 2.45. The molecule has 42 heavy (non-hydrogen) atoms. The summed E-state index contributed by atoms with van der Waals surface area (Å²) in [6.45, 7) is 4.26. The van der Waals surface area contributed by atoms with Gasteiger partial charge in [0.1, 0.15) is 11.9 Å². The minimum Gasteiger partial charge on any atom is -0.493 e. The van der Waals surface area contributed by atoms with Gasteiger partial charge in [0.15, 0.2) is 11.5 Å². The monoisotopic (exact) mass is 568 g/mol. The first-order valence-corrected chi connectivity index (χ1v) is 14.5. The number of amides is 1. The molecular weight excluding hydrogens is 532 g/mol. The van der Waals surface area contributed by atoms with E-state index in [0.29, 0.717) is 36.6 Å². The fourth-order valence-corrected chi connectivity index (χ4v) is 6.45. The standard InChI is InChI=1S/C33H36N4O5/c1-21(38)42-24-11-12-28-26(18-24)25-19-29(40-2)30(41-3)20-27(25)32(35-28)22-7-9-23(10-8-22)33(39)37-16-14-36(15-17-37)31-6-4-5-13-34-31/h4-10,13,19-20,24,26,28H,11-12,14-18H2,1-3H3. The third-order valence-corrected chi connectivity index (χ3v) is 8.55. The van der Waals surface area contributed by atoms with Crippen LogP contribution in [0.1, 0.15) is 59.2 Å². The molecule has 3 heterocycles. The molecule has 1 aromatic heterocycles. The zero-order valence-corrected chi connectivity index (χ0v) is 24.3. The number of carbonyl (C=O) groups excluding carboxylic acids is 2. The Balaban J connectivity index is 1.24. The molecule has 2 aromatic carbocycles. The van der Waals surface area contributed by atoms with Gasteiger partial charge in [0.25, 0.3) is 5.91 Å². The van der Waals surface area contributed by atoms with Crippen LogP contribution in [0.4, 0.5) is 5.82 Å². The fourth-order valence-electron chi connectivity index (χ4n) is 6.45. The molecule has 0 N–H and O–H groups in total. The molecular formula is C33H36N4O5. The number of benzene rings is 2. The first kappa shape index (κ1) is 27.8. The number of piperazine rings is 1. The van der Waals surface area contributed by atoms with Gasteiger partial charge in [-0.25, -0.2) is 4.98 Å². The molecule has 0 bridgehead atoms. The van der Waals surface area contributed by atoms with Gasteiger partial charge in [-0.1, -0.05) is 18.2 Å². The Hall–Kier alpha value is -4.40. The Labute approximate surface area is 246 Å². The van der Waals surface area contributed by atoms with Crippen LogP contribution in [-0.4, -0.2) is 80.0 Å². The fraction of sp³-hybridized carbons (Fsp3) is 0.394. The van der Waals surface area contributed by atoms with Gasteiger partial charge in [-0.15, -0.1) is 0 Å². The van der Waals surface area contributed by atoms with Gasteiger partial charge >= 0.3 is 5.97 Å². The summed E-state index contributed by atoms with van der Waals surface area (Å²) in [6.07, 6.45) is 3.98. The number of hydrogen-bond acceptors (Lipinski definition) is 8. The molecule has 3 unspecified atom stereocenters. The number of hydrogen-bond donors (Lipinski definition) is 0. The van der Waals surface area contributed by atoms with Crippen LogP contribution in [0, 0.1) is 0 Å². The second kappa shape index (κ2) is 11.8. The molecule has 0 spiro atoms. The second-order valence-corrected chi connectivity index (χ2v) is 11.0. The van der Waals surface area contributed by atoms with Crippen molar-refractivity contribution in [3.63, 3.8) is 0 Å². The maximum Gasteiger partial charge on any atom is 0.302 e. The summed E-state index contributed by atoms with van der Waals surface area (Å²) in [4.78, 5) is 38.8. The lowest BCUT2D eigenvalue weighted by molar-refractivity contribution is -0.148. The highest BCUT2D eigenvalue weighted by Gasteiger charge is 2.39. The van der Waals surface area contributed by atoms with Gasteiger partial charge in [0.2, 0.25) is 0 Å². The molecule has 218 valence electrons. The lowest BCUT2D eigenvalue weighted by atomic mass is 9.74. The van der Waals surface area contributed by atoms with Gasteiger partial charge in [0, 0.05) is 61.9 Å². The molecule has 3 aromatic rings. The largest absolute Gasteiger partial charge is 0.493 e. The molecule has 1 saturated carbocycles. The molecule has 1 amide bonds. The summed E-state index contributed by atoms with van der Waals surface area (Å²) >= 11 is 0. The number of ether oxygens (including phenoxy) is 3. The van der Waals surface area contributed by atoms with Gasteiger partial charge in [-0.05, 0) is 61.2 Å². The van der Waals surface area contributed by atoms with Crippen molar-refractivity contribution in [3.8, 4) is 11.5 Å². The molecule has 2 aliphatic heterocycles. The van der Waals surface area contributed by atoms with Gasteiger partial charge in [-0.2, -0.15) is 0 Å². The number of anilines is 1. The lowest BCUT2D eigenvalue weighted by Gasteiger charge is -2.38. The lowest BCUT2D eigenvalue weighted by Crippen LogP contribution is -2.49. The van der Waals surface area contributed by atoms with Crippen LogP contribution in [0.5, 0.6) is 11.5 Å². The Kier molecular flexibility index (Phi) is 7.82. The Morgan fingerprint density at radius 3 is 2.31 bits per heavy atom. The maximum atomic E-state index is 13.4. The van der Waals surface area contributed by atoms with E-state index in [1.807, 2.05) is 59.5 Å². The summed E-state index contributed by atoms with van der Waals surface area (Å²) in [5, 5.41) is 0. The quantitative estimate of drug-likeness (QED) is 0.405. The van der Waals surface area contributed by atoms with Crippen molar-refractivity contribution in [2.45, 2.75) is 44.2 Å². The average molecular weight is 569 g/mol. The number of fused-ring (bicyclic) bond motifs is 3. The van der Waals surface area contributed by atoms with Crippen molar-refractivity contribution in [3.05, 3.63) is 83.0 Å². The second-order valence-electron chi connectivity index (χ2n) is 11.0. The van der Waals surface area contributed by atoms with E-state index in [0.717, 1.165) is 54.2 Å². The number of nitrogens with zero attached hydrogens (tertiary/aromatic N) is 4. The highest BCUT2D eigenvalue weighted by atomic mass is 16.5. The highest BCUT2D eigenvalue weighted by molar-refractivity contribution is 6.15. The van der Waals surface area contributed by atoms with E-state index in [9.17, 15) is 9.59 Å². The molecule has 6 rings (SSSR count). The topological polar surface area (TPSA) is 93.6 Å². The SMILES string of the molecule is COc1cc2c(cc1OC)C1CC(OC(C)=O)CCC1N=C2c1ccc(C(=O)N2CCN(c3ccccn3)CC2)cc1. The van der Waals surface area contributed by atoms with Crippen LogP contribution in [0.3, 0.4) is 0 Å². The molecule has 3 atom stereocenters. The molecule has 9 nitrogen and oxygen atoms in total. The van der Waals surface area contributed by atoms with E-state index in [1.54, 1.807) is 20.4 Å². The van der Waals surface area contributed by atoms with Crippen molar-refractivity contribution in [2.24, 2.45) is 4.99 Å². The van der Waals surface area contributed by atoms with Crippen LogP contribution in [-0.2, 0) is 9.53 Å². The number of aliphatic imine (C=N–C) groups is 1. The summed E-state index contributed by atoms with van der Waals surface area (Å²) in [7, 11) is 3.26. The zero-order valence-electron chi connectivity index (χ0n) is 24.3. The molecule has 2 fully saturated rings. The van der Waals surface area contributed by atoms with Crippen LogP contribution < -0.4 is 14.4 Å². The number of pyridine rings is 1. The summed E-state index contributed by atoms with van der Waals surface area (Å²) in [5.74, 6) is 2.12. The van der Waals surface area contributed by atoms with E-state index >= 15 is 0 Å². The third-order valence-electron chi connectivity index (χ3n) is 8.55. The first-order valence-electron chi connectivity index (χ1n) is 14.5. The van der Waals surface area contributed by atoms with E-state index < -0.39 is 0 Å². The molecule has 3 aliphatic rings. The van der Waals surface area contributed by atoms with E-state index in [2.05, 4.69) is 9.88 Å².